The highest BCUT2D eigenvalue weighted by Crippen LogP contribution is 2.40. The van der Waals surface area contributed by atoms with E-state index in [-0.39, 0.29) is 17.2 Å². The Bertz CT molecular complexity index is 793. The van der Waals surface area contributed by atoms with Crippen molar-refractivity contribution in [1.29, 1.82) is 0 Å². The first-order valence-electron chi connectivity index (χ1n) is 10.6. The fraction of sp³-hybridized carbons (Fsp3) is 0.619. The SMILES string of the molecule is O=C(CCn1cccn1)N1CCC2(CCC(=O)N(CCCn3ccnc3)C2)CC1. The highest BCUT2D eigenvalue weighted by Gasteiger charge is 2.41. The first kappa shape index (κ1) is 19.7. The van der Waals surface area contributed by atoms with Crippen molar-refractivity contribution in [2.45, 2.75) is 51.6 Å². The molecule has 2 aromatic rings. The van der Waals surface area contributed by atoms with Gasteiger partial charge in [-0.2, -0.15) is 5.10 Å². The number of carbonyl (C=O) groups is 2. The molecule has 1 spiro atoms. The van der Waals surface area contributed by atoms with E-state index in [0.29, 0.717) is 19.4 Å². The summed E-state index contributed by atoms with van der Waals surface area (Å²) < 4.78 is 3.86. The first-order valence-corrected chi connectivity index (χ1v) is 10.6. The number of aromatic nitrogens is 4. The number of hydrogen-bond donors (Lipinski definition) is 0. The van der Waals surface area contributed by atoms with Gasteiger partial charge in [0.15, 0.2) is 0 Å². The molecule has 4 rings (SSSR count). The van der Waals surface area contributed by atoms with Gasteiger partial charge in [0.25, 0.3) is 0 Å². The van der Waals surface area contributed by atoms with Crippen molar-refractivity contribution in [3.05, 3.63) is 37.2 Å². The zero-order valence-electron chi connectivity index (χ0n) is 16.9. The summed E-state index contributed by atoms with van der Waals surface area (Å²) in [5, 5.41) is 4.16. The van der Waals surface area contributed by atoms with Crippen LogP contribution in [0.2, 0.25) is 0 Å². The summed E-state index contributed by atoms with van der Waals surface area (Å²) in [6.45, 7) is 4.75. The van der Waals surface area contributed by atoms with Crippen LogP contribution < -0.4 is 0 Å². The van der Waals surface area contributed by atoms with Crippen molar-refractivity contribution in [3.8, 4) is 0 Å². The molecule has 0 unspecified atom stereocenters. The molecule has 2 aliphatic rings. The lowest BCUT2D eigenvalue weighted by Gasteiger charge is -2.47. The highest BCUT2D eigenvalue weighted by atomic mass is 16.2. The number of carbonyl (C=O) groups excluding carboxylic acids is 2. The predicted molar refractivity (Wildman–Crippen MR) is 108 cm³/mol. The van der Waals surface area contributed by atoms with E-state index < -0.39 is 0 Å². The minimum absolute atomic E-state index is 0.182. The van der Waals surface area contributed by atoms with Gasteiger partial charge in [-0.3, -0.25) is 14.3 Å². The molecule has 4 heterocycles. The topological polar surface area (TPSA) is 76.3 Å². The van der Waals surface area contributed by atoms with Gasteiger partial charge in [-0.25, -0.2) is 4.98 Å². The standard InChI is InChI=1S/C21H30N6O2/c28-19-3-5-21(17-26(19)11-2-10-24-16-9-22-18-24)6-14-25(15-7-21)20(29)4-13-27-12-1-8-23-27/h1,8-9,12,16,18H,2-7,10-11,13-15,17H2. The predicted octanol–water partition coefficient (Wildman–Crippen LogP) is 1.79. The molecular formula is C21H30N6O2. The third-order valence-corrected chi connectivity index (χ3v) is 6.44. The number of nitrogens with zero attached hydrogens (tertiary/aromatic N) is 6. The molecule has 2 aliphatic heterocycles. The maximum absolute atomic E-state index is 12.5. The van der Waals surface area contributed by atoms with E-state index in [9.17, 15) is 9.59 Å². The van der Waals surface area contributed by atoms with Crippen molar-refractivity contribution < 1.29 is 9.59 Å². The van der Waals surface area contributed by atoms with Crippen LogP contribution in [0.5, 0.6) is 0 Å². The number of aryl methyl sites for hydroxylation is 2. The van der Waals surface area contributed by atoms with Gasteiger partial charge in [-0.15, -0.1) is 0 Å². The van der Waals surface area contributed by atoms with Crippen molar-refractivity contribution in [1.82, 2.24) is 29.1 Å². The Morgan fingerprint density at radius 2 is 1.93 bits per heavy atom. The van der Waals surface area contributed by atoms with E-state index in [4.69, 9.17) is 0 Å². The fourth-order valence-corrected chi connectivity index (χ4v) is 4.61. The summed E-state index contributed by atoms with van der Waals surface area (Å²) in [6.07, 6.45) is 14.2. The Morgan fingerprint density at radius 1 is 1.07 bits per heavy atom. The molecule has 2 saturated heterocycles. The largest absolute Gasteiger partial charge is 0.343 e. The van der Waals surface area contributed by atoms with Gasteiger partial charge in [-0.05, 0) is 37.2 Å². The third kappa shape index (κ3) is 4.86. The summed E-state index contributed by atoms with van der Waals surface area (Å²) >= 11 is 0. The summed E-state index contributed by atoms with van der Waals surface area (Å²) in [4.78, 5) is 33.1. The van der Waals surface area contributed by atoms with Crippen LogP contribution in [0.25, 0.3) is 0 Å². The summed E-state index contributed by atoms with van der Waals surface area (Å²) in [6, 6.07) is 1.88. The lowest BCUT2D eigenvalue weighted by molar-refractivity contribution is -0.142. The Morgan fingerprint density at radius 3 is 2.66 bits per heavy atom. The zero-order valence-corrected chi connectivity index (χ0v) is 16.9. The maximum Gasteiger partial charge on any atom is 0.224 e. The molecule has 8 heteroatoms. The summed E-state index contributed by atoms with van der Waals surface area (Å²) in [5.74, 6) is 0.485. The molecular weight excluding hydrogens is 368 g/mol. The number of piperidine rings is 2. The van der Waals surface area contributed by atoms with E-state index in [1.165, 1.54) is 0 Å². The summed E-state index contributed by atoms with van der Waals surface area (Å²) in [5.41, 5.74) is 0.182. The van der Waals surface area contributed by atoms with Crippen LogP contribution in [-0.4, -0.2) is 67.1 Å². The maximum atomic E-state index is 12.5. The van der Waals surface area contributed by atoms with Gasteiger partial charge in [0, 0.05) is 76.9 Å². The van der Waals surface area contributed by atoms with Crippen LogP contribution in [0.1, 0.15) is 38.5 Å². The molecule has 156 valence electrons. The van der Waals surface area contributed by atoms with Gasteiger partial charge in [0.2, 0.25) is 11.8 Å². The monoisotopic (exact) mass is 398 g/mol. The van der Waals surface area contributed by atoms with E-state index in [1.807, 2.05) is 29.7 Å². The number of hydrogen-bond acceptors (Lipinski definition) is 4. The van der Waals surface area contributed by atoms with E-state index >= 15 is 0 Å². The molecule has 8 nitrogen and oxygen atoms in total. The van der Waals surface area contributed by atoms with Gasteiger partial charge in [0.1, 0.15) is 0 Å². The van der Waals surface area contributed by atoms with Gasteiger partial charge >= 0.3 is 0 Å². The van der Waals surface area contributed by atoms with Crippen molar-refractivity contribution >= 4 is 11.8 Å². The number of amides is 2. The molecule has 0 N–H and O–H groups in total. The van der Waals surface area contributed by atoms with Gasteiger partial charge < -0.3 is 14.4 Å². The minimum Gasteiger partial charge on any atom is -0.343 e. The van der Waals surface area contributed by atoms with Crippen molar-refractivity contribution in [2.24, 2.45) is 5.41 Å². The molecule has 2 fully saturated rings. The fourth-order valence-electron chi connectivity index (χ4n) is 4.61. The molecule has 0 saturated carbocycles. The van der Waals surface area contributed by atoms with Crippen molar-refractivity contribution in [3.63, 3.8) is 0 Å². The molecule has 0 atom stereocenters. The normalized spacial score (nSPS) is 19.1. The van der Waals surface area contributed by atoms with Crippen LogP contribution in [0, 0.1) is 5.41 Å². The average Bonchev–Trinajstić information content (AvgIpc) is 3.44. The molecule has 0 aliphatic carbocycles. The third-order valence-electron chi connectivity index (χ3n) is 6.44. The second kappa shape index (κ2) is 8.80. The Balaban J connectivity index is 1.24. The lowest BCUT2D eigenvalue weighted by atomic mass is 9.72. The van der Waals surface area contributed by atoms with Crippen LogP contribution >= 0.6 is 0 Å². The highest BCUT2D eigenvalue weighted by molar-refractivity contribution is 5.77. The minimum atomic E-state index is 0.182. The molecule has 2 amide bonds. The average molecular weight is 399 g/mol. The van der Waals surface area contributed by atoms with Gasteiger partial charge in [0.05, 0.1) is 6.33 Å². The van der Waals surface area contributed by atoms with Crippen LogP contribution in [0.4, 0.5) is 0 Å². The quantitative estimate of drug-likeness (QED) is 0.713. The second-order valence-electron chi connectivity index (χ2n) is 8.37. The van der Waals surface area contributed by atoms with E-state index in [2.05, 4.69) is 19.5 Å². The Labute approximate surface area is 171 Å². The van der Waals surface area contributed by atoms with Gasteiger partial charge in [-0.1, -0.05) is 0 Å². The van der Waals surface area contributed by atoms with E-state index in [0.717, 1.165) is 58.4 Å². The molecule has 0 aromatic carbocycles. The van der Waals surface area contributed by atoms with Crippen LogP contribution in [0.3, 0.4) is 0 Å². The lowest BCUT2D eigenvalue weighted by Crippen LogP contribution is -2.52. The second-order valence-corrected chi connectivity index (χ2v) is 8.37. The number of rotatable bonds is 7. The van der Waals surface area contributed by atoms with Crippen molar-refractivity contribution in [2.75, 3.05) is 26.2 Å². The molecule has 0 radical (unpaired) electrons. The molecule has 0 bridgehead atoms. The smallest absolute Gasteiger partial charge is 0.224 e. The molecule has 29 heavy (non-hydrogen) atoms. The Kier molecular flexibility index (Phi) is 5.97. The first-order chi connectivity index (χ1) is 14.1. The summed E-state index contributed by atoms with van der Waals surface area (Å²) in [7, 11) is 0. The van der Waals surface area contributed by atoms with Crippen LogP contribution in [-0.2, 0) is 22.7 Å². The Hall–Kier alpha value is -2.64. The van der Waals surface area contributed by atoms with E-state index in [1.54, 1.807) is 17.1 Å². The molecule has 2 aromatic heterocycles. The number of likely N-dealkylation sites (tertiary alicyclic amines) is 2. The van der Waals surface area contributed by atoms with Crippen LogP contribution in [0.15, 0.2) is 37.2 Å². The zero-order chi connectivity index (χ0) is 20.1. The number of imidazole rings is 1.